The van der Waals surface area contributed by atoms with Crippen LogP contribution in [0.5, 0.6) is 5.75 Å². The summed E-state index contributed by atoms with van der Waals surface area (Å²) < 4.78 is 5.53. The molecule has 0 saturated carbocycles. The van der Waals surface area contributed by atoms with Crippen molar-refractivity contribution in [2.75, 3.05) is 5.43 Å². The van der Waals surface area contributed by atoms with E-state index in [4.69, 9.17) is 15.8 Å². The van der Waals surface area contributed by atoms with E-state index in [0.29, 0.717) is 16.9 Å². The number of nitro groups is 1. The summed E-state index contributed by atoms with van der Waals surface area (Å²) in [6.45, 7) is 0.115. The number of nitrogens with zero attached hydrogens (tertiary/aromatic N) is 2. The number of hydrazine groups is 1. The highest BCUT2D eigenvalue weighted by atomic mass is 16.6. The molecule has 0 aliphatic carbocycles. The third kappa shape index (κ3) is 3.26. The minimum atomic E-state index is -0.526. The highest BCUT2D eigenvalue weighted by Crippen LogP contribution is 2.25. The van der Waals surface area contributed by atoms with Crippen molar-refractivity contribution in [1.82, 2.24) is 0 Å². The van der Waals surface area contributed by atoms with Crippen LogP contribution in [0.3, 0.4) is 0 Å². The third-order valence-corrected chi connectivity index (χ3v) is 2.82. The number of benzene rings is 2. The highest BCUT2D eigenvalue weighted by Gasteiger charge is 2.14. The predicted molar refractivity (Wildman–Crippen MR) is 76.4 cm³/mol. The predicted octanol–water partition coefficient (Wildman–Crippen LogP) is 2.33. The van der Waals surface area contributed by atoms with Crippen LogP contribution in [0.15, 0.2) is 42.5 Å². The number of hydrogen-bond acceptors (Lipinski definition) is 6. The second-order valence-corrected chi connectivity index (χ2v) is 4.15. The summed E-state index contributed by atoms with van der Waals surface area (Å²) in [6, 6.07) is 13.4. The number of para-hydroxylation sites is 1. The van der Waals surface area contributed by atoms with Gasteiger partial charge in [-0.15, -0.1) is 0 Å². The number of hydrogen-bond donors (Lipinski definition) is 2. The zero-order valence-corrected chi connectivity index (χ0v) is 10.9. The molecule has 0 atom stereocenters. The van der Waals surface area contributed by atoms with Crippen molar-refractivity contribution >= 4 is 11.4 Å². The number of ether oxygens (including phenoxy) is 1. The molecule has 7 heteroatoms. The molecular formula is C14H12N4O3. The molecule has 7 nitrogen and oxygen atoms in total. The number of nitriles is 1. The molecule has 106 valence electrons. The van der Waals surface area contributed by atoms with Gasteiger partial charge in [-0.3, -0.25) is 16.0 Å². The Morgan fingerprint density at radius 2 is 2.10 bits per heavy atom. The number of nitrogen functional groups attached to an aromatic ring is 1. The Labute approximate surface area is 120 Å². The van der Waals surface area contributed by atoms with Gasteiger partial charge in [0.2, 0.25) is 0 Å². The Morgan fingerprint density at radius 1 is 1.33 bits per heavy atom. The van der Waals surface area contributed by atoms with Gasteiger partial charge in [0.15, 0.2) is 0 Å². The number of nitro benzene ring substituents is 1. The smallest absolute Gasteiger partial charge is 0.294 e. The van der Waals surface area contributed by atoms with Gasteiger partial charge in [-0.2, -0.15) is 5.26 Å². The maximum absolute atomic E-state index is 10.9. The Morgan fingerprint density at radius 3 is 2.76 bits per heavy atom. The van der Waals surface area contributed by atoms with Gasteiger partial charge >= 0.3 is 0 Å². The van der Waals surface area contributed by atoms with Crippen LogP contribution in [-0.2, 0) is 6.61 Å². The zero-order valence-electron chi connectivity index (χ0n) is 10.9. The summed E-state index contributed by atoms with van der Waals surface area (Å²) in [4.78, 5) is 10.4. The van der Waals surface area contributed by atoms with Crippen molar-refractivity contribution in [2.45, 2.75) is 6.61 Å². The van der Waals surface area contributed by atoms with Crippen LogP contribution >= 0.6 is 0 Å². The zero-order chi connectivity index (χ0) is 15.2. The van der Waals surface area contributed by atoms with Crippen molar-refractivity contribution in [3.05, 3.63) is 63.7 Å². The standard InChI is InChI=1S/C14H12N4O3/c15-8-11-3-1-2-4-14(11)21-9-10-5-6-12(17-16)13(7-10)18(19)20/h1-7,17H,9,16H2. The third-order valence-electron chi connectivity index (χ3n) is 2.82. The van der Waals surface area contributed by atoms with E-state index in [2.05, 4.69) is 5.43 Å². The molecule has 2 rings (SSSR count). The molecule has 0 amide bonds. The lowest BCUT2D eigenvalue weighted by molar-refractivity contribution is -0.384. The molecule has 0 saturated heterocycles. The summed E-state index contributed by atoms with van der Waals surface area (Å²) in [6.07, 6.45) is 0. The van der Waals surface area contributed by atoms with E-state index >= 15 is 0 Å². The maximum atomic E-state index is 10.9. The summed E-state index contributed by atoms with van der Waals surface area (Å²) in [5.41, 5.74) is 3.38. The van der Waals surface area contributed by atoms with Crippen LogP contribution in [0.2, 0.25) is 0 Å². The van der Waals surface area contributed by atoms with Gasteiger partial charge in [-0.25, -0.2) is 0 Å². The lowest BCUT2D eigenvalue weighted by Gasteiger charge is -2.09. The first-order valence-electron chi connectivity index (χ1n) is 6.01. The van der Waals surface area contributed by atoms with Crippen LogP contribution in [0.1, 0.15) is 11.1 Å². The van der Waals surface area contributed by atoms with Gasteiger partial charge in [0.1, 0.15) is 24.1 Å². The van der Waals surface area contributed by atoms with Crippen molar-refractivity contribution in [3.8, 4) is 11.8 Å². The molecular weight excluding hydrogens is 272 g/mol. The summed E-state index contributed by atoms with van der Waals surface area (Å²) >= 11 is 0. The second-order valence-electron chi connectivity index (χ2n) is 4.15. The van der Waals surface area contributed by atoms with E-state index in [1.807, 2.05) is 6.07 Å². The Bertz CT molecular complexity index is 710. The fraction of sp³-hybridized carbons (Fsp3) is 0.0714. The van der Waals surface area contributed by atoms with E-state index in [1.165, 1.54) is 12.1 Å². The van der Waals surface area contributed by atoms with E-state index in [0.717, 1.165) is 0 Å². The Kier molecular flexibility index (Phi) is 4.33. The van der Waals surface area contributed by atoms with Gasteiger partial charge in [0, 0.05) is 6.07 Å². The normalized spacial score (nSPS) is 9.71. The molecule has 2 aromatic carbocycles. The van der Waals surface area contributed by atoms with E-state index in [1.54, 1.807) is 30.3 Å². The van der Waals surface area contributed by atoms with Crippen LogP contribution in [-0.4, -0.2) is 4.92 Å². The quantitative estimate of drug-likeness (QED) is 0.494. The first-order chi connectivity index (χ1) is 10.2. The molecule has 0 bridgehead atoms. The van der Waals surface area contributed by atoms with Crippen LogP contribution in [0, 0.1) is 21.4 Å². The highest BCUT2D eigenvalue weighted by molar-refractivity contribution is 5.61. The van der Waals surface area contributed by atoms with E-state index < -0.39 is 4.92 Å². The molecule has 21 heavy (non-hydrogen) atoms. The Balaban J connectivity index is 2.19. The molecule has 3 N–H and O–H groups in total. The SMILES string of the molecule is N#Cc1ccccc1OCc1ccc(NN)c([N+](=O)[O-])c1. The summed E-state index contributed by atoms with van der Waals surface area (Å²) in [5.74, 6) is 5.65. The van der Waals surface area contributed by atoms with Crippen molar-refractivity contribution < 1.29 is 9.66 Å². The average Bonchev–Trinajstić information content (AvgIpc) is 2.52. The number of nitrogens with two attached hydrogens (primary N) is 1. The molecule has 0 radical (unpaired) electrons. The second kappa shape index (κ2) is 6.36. The number of rotatable bonds is 5. The van der Waals surface area contributed by atoms with Crippen molar-refractivity contribution in [2.24, 2.45) is 5.84 Å². The van der Waals surface area contributed by atoms with Crippen LogP contribution in [0.25, 0.3) is 0 Å². The molecule has 0 heterocycles. The van der Waals surface area contributed by atoms with E-state index in [-0.39, 0.29) is 18.0 Å². The first-order valence-corrected chi connectivity index (χ1v) is 6.01. The number of nitrogens with one attached hydrogen (secondary N) is 1. The first kappa shape index (κ1) is 14.3. The van der Waals surface area contributed by atoms with Gasteiger partial charge in [0.25, 0.3) is 5.69 Å². The molecule has 0 aliphatic rings. The fourth-order valence-electron chi connectivity index (χ4n) is 1.79. The molecule has 0 fully saturated rings. The fourth-order valence-corrected chi connectivity index (χ4v) is 1.79. The average molecular weight is 284 g/mol. The molecule has 0 spiro atoms. The topological polar surface area (TPSA) is 114 Å². The van der Waals surface area contributed by atoms with E-state index in [9.17, 15) is 10.1 Å². The van der Waals surface area contributed by atoms with Crippen molar-refractivity contribution in [1.29, 1.82) is 5.26 Å². The lowest BCUT2D eigenvalue weighted by Crippen LogP contribution is -2.09. The number of anilines is 1. The van der Waals surface area contributed by atoms with Gasteiger partial charge < -0.3 is 10.2 Å². The van der Waals surface area contributed by atoms with Gasteiger partial charge in [-0.05, 0) is 23.8 Å². The monoisotopic (exact) mass is 284 g/mol. The molecule has 0 unspecified atom stereocenters. The van der Waals surface area contributed by atoms with Crippen LogP contribution < -0.4 is 16.0 Å². The molecule has 2 aromatic rings. The van der Waals surface area contributed by atoms with Gasteiger partial charge in [0.05, 0.1) is 10.5 Å². The Hall–Kier alpha value is -3.11. The van der Waals surface area contributed by atoms with Crippen molar-refractivity contribution in [3.63, 3.8) is 0 Å². The lowest BCUT2D eigenvalue weighted by atomic mass is 10.2. The molecule has 0 aromatic heterocycles. The summed E-state index contributed by atoms with van der Waals surface area (Å²) in [7, 11) is 0. The minimum absolute atomic E-state index is 0.115. The minimum Gasteiger partial charge on any atom is -0.488 e. The largest absolute Gasteiger partial charge is 0.488 e. The van der Waals surface area contributed by atoms with Crippen LogP contribution in [0.4, 0.5) is 11.4 Å². The molecule has 0 aliphatic heterocycles. The maximum Gasteiger partial charge on any atom is 0.294 e. The summed E-state index contributed by atoms with van der Waals surface area (Å²) in [5, 5.41) is 19.9. The van der Waals surface area contributed by atoms with Gasteiger partial charge in [-0.1, -0.05) is 18.2 Å².